The van der Waals surface area contributed by atoms with Crippen molar-refractivity contribution in [2.45, 2.75) is 32.7 Å². The first kappa shape index (κ1) is 20.4. The third-order valence-electron chi connectivity index (χ3n) is 6.08. The van der Waals surface area contributed by atoms with E-state index in [0.29, 0.717) is 11.3 Å². The maximum Gasteiger partial charge on any atom is 0.257 e. The Balaban J connectivity index is 1.40. The van der Waals surface area contributed by atoms with Crippen LogP contribution >= 0.6 is 0 Å². The van der Waals surface area contributed by atoms with E-state index >= 15 is 0 Å². The average Bonchev–Trinajstić information content (AvgIpc) is 3.25. The van der Waals surface area contributed by atoms with E-state index in [1.165, 1.54) is 24.8 Å². The molecule has 6 nitrogen and oxygen atoms in total. The zero-order valence-corrected chi connectivity index (χ0v) is 18.3. The minimum absolute atomic E-state index is 0.156. The van der Waals surface area contributed by atoms with Crippen molar-refractivity contribution in [2.75, 3.05) is 18.4 Å². The molecule has 162 valence electrons. The van der Waals surface area contributed by atoms with Crippen LogP contribution in [-0.4, -0.2) is 38.8 Å². The topological polar surface area (TPSA) is 73.9 Å². The van der Waals surface area contributed by atoms with Gasteiger partial charge < -0.3 is 10.3 Å². The number of H-pyrrole nitrogens is 1. The molecule has 5 rings (SSSR count). The molecule has 0 aliphatic carbocycles. The van der Waals surface area contributed by atoms with Gasteiger partial charge in [-0.05, 0) is 74.3 Å². The second kappa shape index (κ2) is 8.93. The van der Waals surface area contributed by atoms with Crippen molar-refractivity contribution < 1.29 is 4.79 Å². The van der Waals surface area contributed by atoms with Crippen LogP contribution in [0.2, 0.25) is 0 Å². The summed E-state index contributed by atoms with van der Waals surface area (Å²) < 4.78 is 0. The fraction of sp³-hybridized carbons (Fsp3) is 0.269. The fourth-order valence-corrected chi connectivity index (χ4v) is 4.34. The Hall–Kier alpha value is -3.51. The third-order valence-corrected chi connectivity index (χ3v) is 6.08. The summed E-state index contributed by atoms with van der Waals surface area (Å²) in [6.07, 6.45) is 11.2. The number of aromatic nitrogens is 3. The molecule has 6 heteroatoms. The molecule has 1 saturated heterocycles. The molecule has 4 heterocycles. The van der Waals surface area contributed by atoms with Crippen molar-refractivity contribution in [3.05, 3.63) is 78.0 Å². The molecule has 1 fully saturated rings. The summed E-state index contributed by atoms with van der Waals surface area (Å²) in [5.74, 6) is -0.156. The van der Waals surface area contributed by atoms with Gasteiger partial charge in [0.15, 0.2) is 0 Å². The summed E-state index contributed by atoms with van der Waals surface area (Å²) >= 11 is 0. The molecular formula is C26H27N5O. The van der Waals surface area contributed by atoms with Crippen LogP contribution in [0.15, 0.2) is 61.2 Å². The minimum atomic E-state index is -0.156. The molecule has 0 saturated carbocycles. The second-order valence-corrected chi connectivity index (χ2v) is 8.52. The maximum absolute atomic E-state index is 12.9. The number of rotatable bonds is 5. The summed E-state index contributed by atoms with van der Waals surface area (Å²) in [4.78, 5) is 27.4. The van der Waals surface area contributed by atoms with Crippen LogP contribution < -0.4 is 5.32 Å². The molecule has 2 N–H and O–H groups in total. The molecule has 0 spiro atoms. The van der Waals surface area contributed by atoms with E-state index < -0.39 is 0 Å². The number of piperidine rings is 1. The number of amides is 1. The summed E-state index contributed by atoms with van der Waals surface area (Å²) in [7, 11) is 0. The number of nitrogens with zero attached hydrogens (tertiary/aromatic N) is 3. The van der Waals surface area contributed by atoms with Crippen molar-refractivity contribution in [1.29, 1.82) is 0 Å². The van der Waals surface area contributed by atoms with Gasteiger partial charge in [0.25, 0.3) is 5.91 Å². The highest BCUT2D eigenvalue weighted by Gasteiger charge is 2.15. The van der Waals surface area contributed by atoms with Gasteiger partial charge in [0, 0.05) is 47.3 Å². The van der Waals surface area contributed by atoms with Crippen molar-refractivity contribution >= 4 is 22.5 Å². The van der Waals surface area contributed by atoms with Crippen LogP contribution in [-0.2, 0) is 6.54 Å². The van der Waals surface area contributed by atoms with Crippen LogP contribution in [0.25, 0.3) is 22.0 Å². The van der Waals surface area contributed by atoms with E-state index in [9.17, 15) is 4.79 Å². The molecular weight excluding hydrogens is 398 g/mol. The minimum Gasteiger partial charge on any atom is -0.360 e. The van der Waals surface area contributed by atoms with Crippen molar-refractivity contribution in [3.63, 3.8) is 0 Å². The molecule has 0 radical (unpaired) electrons. The SMILES string of the molecule is Cc1ccc(NC(=O)c2c[nH]c3ccc(-c4cncc(CN5CCCCC5)c4)cc23)cn1. The van der Waals surface area contributed by atoms with Gasteiger partial charge in [0.05, 0.1) is 17.4 Å². The van der Waals surface area contributed by atoms with Gasteiger partial charge in [-0.1, -0.05) is 12.5 Å². The highest BCUT2D eigenvalue weighted by Crippen LogP contribution is 2.27. The van der Waals surface area contributed by atoms with Gasteiger partial charge in [-0.3, -0.25) is 19.7 Å². The number of nitrogens with one attached hydrogen (secondary N) is 2. The monoisotopic (exact) mass is 425 g/mol. The van der Waals surface area contributed by atoms with Gasteiger partial charge in [-0.2, -0.15) is 0 Å². The smallest absolute Gasteiger partial charge is 0.257 e. The quantitative estimate of drug-likeness (QED) is 0.463. The van der Waals surface area contributed by atoms with Gasteiger partial charge in [-0.15, -0.1) is 0 Å². The third kappa shape index (κ3) is 4.41. The van der Waals surface area contributed by atoms with Crippen LogP contribution in [0.5, 0.6) is 0 Å². The molecule has 1 aliphatic rings. The Labute approximate surface area is 187 Å². The fourth-order valence-electron chi connectivity index (χ4n) is 4.34. The number of aromatic amines is 1. The number of anilines is 1. The first-order valence-corrected chi connectivity index (χ1v) is 11.2. The lowest BCUT2D eigenvalue weighted by Crippen LogP contribution is -2.29. The number of fused-ring (bicyclic) bond motifs is 1. The first-order chi connectivity index (χ1) is 15.7. The Morgan fingerprint density at radius 1 is 1.03 bits per heavy atom. The molecule has 0 bridgehead atoms. The van der Waals surface area contributed by atoms with E-state index in [1.54, 1.807) is 12.4 Å². The number of hydrogen-bond acceptors (Lipinski definition) is 4. The summed E-state index contributed by atoms with van der Waals surface area (Å²) in [5, 5.41) is 3.83. The van der Waals surface area contributed by atoms with E-state index in [-0.39, 0.29) is 5.91 Å². The Morgan fingerprint density at radius 2 is 1.91 bits per heavy atom. The highest BCUT2D eigenvalue weighted by atomic mass is 16.1. The van der Waals surface area contributed by atoms with Crippen molar-refractivity contribution in [1.82, 2.24) is 19.9 Å². The van der Waals surface area contributed by atoms with E-state index in [2.05, 4.69) is 43.4 Å². The maximum atomic E-state index is 12.9. The average molecular weight is 426 g/mol. The number of hydrogen-bond donors (Lipinski definition) is 2. The number of benzene rings is 1. The number of pyridine rings is 2. The summed E-state index contributed by atoms with van der Waals surface area (Å²) in [5.41, 5.74) is 6.48. The van der Waals surface area contributed by atoms with Crippen molar-refractivity contribution in [2.24, 2.45) is 0 Å². The standard InChI is InChI=1S/C26H27N5O/c1-18-5-7-22(15-28-18)30-26(32)24-16-29-25-8-6-20(12-23(24)25)21-11-19(13-27-14-21)17-31-9-3-2-4-10-31/h5-8,11-16,29H,2-4,9-10,17H2,1H3,(H,30,32). The van der Waals surface area contributed by atoms with E-state index in [1.807, 2.05) is 37.5 Å². The zero-order chi connectivity index (χ0) is 21.9. The highest BCUT2D eigenvalue weighted by molar-refractivity contribution is 6.13. The molecule has 1 aliphatic heterocycles. The Bertz CT molecular complexity index is 1240. The van der Waals surface area contributed by atoms with E-state index in [0.717, 1.165) is 47.4 Å². The van der Waals surface area contributed by atoms with Crippen LogP contribution in [0.1, 0.15) is 40.9 Å². The van der Waals surface area contributed by atoms with Gasteiger partial charge in [-0.25, -0.2) is 0 Å². The molecule has 0 unspecified atom stereocenters. The largest absolute Gasteiger partial charge is 0.360 e. The second-order valence-electron chi connectivity index (χ2n) is 8.52. The predicted octanol–water partition coefficient (Wildman–Crippen LogP) is 5.17. The molecule has 1 amide bonds. The number of carbonyl (C=O) groups is 1. The lowest BCUT2D eigenvalue weighted by molar-refractivity contribution is 0.102. The summed E-state index contributed by atoms with van der Waals surface area (Å²) in [6.45, 7) is 5.18. The number of aryl methyl sites for hydroxylation is 1. The first-order valence-electron chi connectivity index (χ1n) is 11.2. The Kier molecular flexibility index (Phi) is 5.69. The van der Waals surface area contributed by atoms with Gasteiger partial charge in [0.2, 0.25) is 0 Å². The van der Waals surface area contributed by atoms with Gasteiger partial charge >= 0.3 is 0 Å². The zero-order valence-electron chi connectivity index (χ0n) is 18.3. The lowest BCUT2D eigenvalue weighted by atomic mass is 10.0. The molecule has 0 atom stereocenters. The molecule has 3 aromatic heterocycles. The number of carbonyl (C=O) groups excluding carboxylic acids is 1. The number of likely N-dealkylation sites (tertiary alicyclic amines) is 1. The molecule has 4 aromatic rings. The Morgan fingerprint density at radius 3 is 2.72 bits per heavy atom. The van der Waals surface area contributed by atoms with E-state index in [4.69, 9.17) is 0 Å². The summed E-state index contributed by atoms with van der Waals surface area (Å²) in [6, 6.07) is 12.1. The van der Waals surface area contributed by atoms with Crippen molar-refractivity contribution in [3.8, 4) is 11.1 Å². The predicted molar refractivity (Wildman–Crippen MR) is 128 cm³/mol. The normalized spacial score (nSPS) is 14.5. The van der Waals surface area contributed by atoms with Gasteiger partial charge in [0.1, 0.15) is 0 Å². The molecule has 32 heavy (non-hydrogen) atoms. The molecule has 1 aromatic carbocycles. The van der Waals surface area contributed by atoms with Crippen LogP contribution in [0.4, 0.5) is 5.69 Å². The van der Waals surface area contributed by atoms with Crippen LogP contribution in [0.3, 0.4) is 0 Å². The lowest BCUT2D eigenvalue weighted by Gasteiger charge is -2.26. The van der Waals surface area contributed by atoms with Crippen LogP contribution in [0, 0.1) is 6.92 Å².